The minimum atomic E-state index is -0.481. The lowest BCUT2D eigenvalue weighted by Crippen LogP contribution is -2.15. The Morgan fingerprint density at radius 1 is 1.33 bits per heavy atom. The van der Waals surface area contributed by atoms with Crippen LogP contribution in [0.3, 0.4) is 0 Å². The van der Waals surface area contributed by atoms with Gasteiger partial charge in [-0.15, -0.1) is 11.3 Å². The highest BCUT2D eigenvalue weighted by atomic mass is 35.5. The summed E-state index contributed by atoms with van der Waals surface area (Å²) < 4.78 is 6.43. The van der Waals surface area contributed by atoms with Gasteiger partial charge in [0.2, 0.25) is 0 Å². The number of halogens is 1. The van der Waals surface area contributed by atoms with E-state index < -0.39 is 5.56 Å². The normalized spacial score (nSPS) is 11.2. The van der Waals surface area contributed by atoms with E-state index in [-0.39, 0.29) is 5.82 Å². The van der Waals surface area contributed by atoms with Crippen LogP contribution in [0.1, 0.15) is 5.89 Å². The number of oxazole rings is 1. The summed E-state index contributed by atoms with van der Waals surface area (Å²) in [5, 5.41) is 0.487. The van der Waals surface area contributed by atoms with Crippen molar-refractivity contribution in [2.75, 3.05) is 5.73 Å². The van der Waals surface area contributed by atoms with Crippen LogP contribution in [0, 0.1) is 6.92 Å². The van der Waals surface area contributed by atoms with E-state index in [0.717, 1.165) is 4.70 Å². The molecule has 0 aliphatic heterocycles. The van der Waals surface area contributed by atoms with Crippen molar-refractivity contribution < 1.29 is 4.42 Å². The van der Waals surface area contributed by atoms with Crippen molar-refractivity contribution in [3.05, 3.63) is 45.1 Å². The summed E-state index contributed by atoms with van der Waals surface area (Å²) in [6.45, 7) is 1.72. The van der Waals surface area contributed by atoms with E-state index in [1.807, 2.05) is 6.07 Å². The number of hydrogen-bond donors (Lipinski definition) is 2. The van der Waals surface area contributed by atoms with Crippen LogP contribution in [0.2, 0.25) is 5.02 Å². The average Bonchev–Trinajstić information content (AvgIpc) is 3.18. The van der Waals surface area contributed by atoms with Crippen LogP contribution in [0.25, 0.3) is 32.9 Å². The van der Waals surface area contributed by atoms with Gasteiger partial charge >= 0.3 is 0 Å². The number of H-pyrrole nitrogens is 1. The number of nitrogens with two attached hydrogens (primary N) is 1. The lowest BCUT2D eigenvalue weighted by Gasteiger charge is -2.08. The molecule has 3 N–H and O–H groups in total. The number of anilines is 1. The molecule has 0 saturated heterocycles. The van der Waals surface area contributed by atoms with Gasteiger partial charge in [0.25, 0.3) is 5.56 Å². The summed E-state index contributed by atoms with van der Waals surface area (Å²) in [6, 6.07) is 3.61. The molecule has 0 aliphatic rings. The Labute approximate surface area is 144 Å². The van der Waals surface area contributed by atoms with Crippen LogP contribution in [0.15, 0.2) is 33.1 Å². The zero-order valence-electron chi connectivity index (χ0n) is 12.3. The first-order valence-electron chi connectivity index (χ1n) is 6.88. The SMILES string of the molecule is Cc1ncc(-c2nc(N)c(=O)[nH]c2-c2cc(Cl)c3ncsc3c2)o1. The number of rotatable bonds is 2. The zero-order valence-corrected chi connectivity index (χ0v) is 13.9. The number of nitrogens with one attached hydrogen (secondary N) is 1. The lowest BCUT2D eigenvalue weighted by molar-refractivity contribution is 0.532. The van der Waals surface area contributed by atoms with Gasteiger partial charge in [-0.05, 0) is 12.1 Å². The van der Waals surface area contributed by atoms with Crippen LogP contribution >= 0.6 is 22.9 Å². The summed E-state index contributed by atoms with van der Waals surface area (Å²) in [6.07, 6.45) is 1.53. The van der Waals surface area contributed by atoms with Gasteiger partial charge in [-0.3, -0.25) is 4.79 Å². The van der Waals surface area contributed by atoms with Crippen molar-refractivity contribution in [3.8, 4) is 22.7 Å². The molecular formula is C15H10ClN5O2S. The molecular weight excluding hydrogens is 350 g/mol. The number of hydrogen-bond acceptors (Lipinski definition) is 7. The van der Waals surface area contributed by atoms with Crippen LogP contribution in [0.5, 0.6) is 0 Å². The quantitative estimate of drug-likeness (QED) is 0.568. The number of thiazole rings is 1. The van der Waals surface area contributed by atoms with Gasteiger partial charge in [0.1, 0.15) is 5.69 Å². The average molecular weight is 360 g/mol. The second-order valence-electron chi connectivity index (χ2n) is 5.08. The van der Waals surface area contributed by atoms with Crippen molar-refractivity contribution in [1.29, 1.82) is 0 Å². The van der Waals surface area contributed by atoms with Crippen molar-refractivity contribution in [2.45, 2.75) is 6.92 Å². The first kappa shape index (κ1) is 14.9. The molecule has 1 aromatic carbocycles. The molecule has 7 nitrogen and oxygen atoms in total. The molecule has 0 saturated carbocycles. The molecule has 0 bridgehead atoms. The van der Waals surface area contributed by atoms with E-state index in [1.165, 1.54) is 17.5 Å². The molecule has 0 radical (unpaired) electrons. The predicted octanol–water partition coefficient (Wildman–Crippen LogP) is 3.25. The highest BCUT2D eigenvalue weighted by molar-refractivity contribution is 7.16. The Bertz CT molecular complexity index is 1130. The van der Waals surface area contributed by atoms with Crippen molar-refractivity contribution in [3.63, 3.8) is 0 Å². The standard InChI is InChI=1S/C15H10ClN5O2S/c1-6-18-4-9(23-6)13-11(21-15(22)14(17)20-13)7-2-8(16)12-10(3-7)24-5-19-12/h2-5H,1H3,(H2,17,20)(H,21,22). The van der Waals surface area contributed by atoms with Gasteiger partial charge in [0, 0.05) is 12.5 Å². The topological polar surface area (TPSA) is 111 Å². The minimum absolute atomic E-state index is 0.146. The van der Waals surface area contributed by atoms with E-state index in [1.54, 1.807) is 18.5 Å². The fourth-order valence-electron chi connectivity index (χ4n) is 2.39. The fraction of sp³-hybridized carbons (Fsp3) is 0.0667. The first-order valence-corrected chi connectivity index (χ1v) is 8.14. The number of aromatic amines is 1. The number of nitrogens with zero attached hydrogens (tertiary/aromatic N) is 3. The molecule has 9 heteroatoms. The van der Waals surface area contributed by atoms with Crippen LogP contribution in [0.4, 0.5) is 5.82 Å². The van der Waals surface area contributed by atoms with Gasteiger partial charge in [0.15, 0.2) is 17.5 Å². The van der Waals surface area contributed by atoms with E-state index in [4.69, 9.17) is 21.8 Å². The van der Waals surface area contributed by atoms with Gasteiger partial charge < -0.3 is 15.1 Å². The first-order chi connectivity index (χ1) is 11.5. The number of aryl methyl sites for hydroxylation is 1. The number of aromatic nitrogens is 4. The highest BCUT2D eigenvalue weighted by Crippen LogP contribution is 2.35. The Hall–Kier alpha value is -2.71. The van der Waals surface area contributed by atoms with Crippen LogP contribution in [-0.4, -0.2) is 19.9 Å². The zero-order chi connectivity index (χ0) is 16.8. The van der Waals surface area contributed by atoms with Crippen molar-refractivity contribution in [1.82, 2.24) is 19.9 Å². The monoisotopic (exact) mass is 359 g/mol. The number of fused-ring (bicyclic) bond motifs is 1. The number of benzene rings is 1. The lowest BCUT2D eigenvalue weighted by atomic mass is 10.1. The van der Waals surface area contributed by atoms with Crippen molar-refractivity contribution in [2.24, 2.45) is 0 Å². The Balaban J connectivity index is 2.02. The number of nitrogen functional groups attached to an aromatic ring is 1. The maximum absolute atomic E-state index is 12.0. The maximum Gasteiger partial charge on any atom is 0.290 e. The molecule has 0 amide bonds. The molecule has 0 atom stereocenters. The summed E-state index contributed by atoms with van der Waals surface area (Å²) in [5.41, 5.74) is 9.16. The van der Waals surface area contributed by atoms with Gasteiger partial charge in [-0.1, -0.05) is 11.6 Å². The highest BCUT2D eigenvalue weighted by Gasteiger charge is 2.18. The summed E-state index contributed by atoms with van der Waals surface area (Å²) >= 11 is 7.75. The predicted molar refractivity (Wildman–Crippen MR) is 93.1 cm³/mol. The van der Waals surface area contributed by atoms with E-state index in [2.05, 4.69) is 19.9 Å². The van der Waals surface area contributed by atoms with Crippen molar-refractivity contribution >= 4 is 39.0 Å². The van der Waals surface area contributed by atoms with E-state index >= 15 is 0 Å². The molecule has 0 fully saturated rings. The second kappa shape index (κ2) is 5.43. The summed E-state index contributed by atoms with van der Waals surface area (Å²) in [4.78, 5) is 27.2. The molecule has 0 spiro atoms. The van der Waals surface area contributed by atoms with Gasteiger partial charge in [0.05, 0.1) is 32.6 Å². The van der Waals surface area contributed by atoms with Crippen LogP contribution < -0.4 is 11.3 Å². The van der Waals surface area contributed by atoms with Gasteiger partial charge in [-0.2, -0.15) is 0 Å². The fourth-order valence-corrected chi connectivity index (χ4v) is 3.46. The van der Waals surface area contributed by atoms with Crippen LogP contribution in [-0.2, 0) is 0 Å². The third-order valence-electron chi connectivity index (χ3n) is 3.47. The summed E-state index contributed by atoms with van der Waals surface area (Å²) in [7, 11) is 0. The smallest absolute Gasteiger partial charge is 0.290 e. The molecule has 4 rings (SSSR count). The summed E-state index contributed by atoms with van der Waals surface area (Å²) in [5.74, 6) is 0.747. The van der Waals surface area contributed by atoms with Gasteiger partial charge in [-0.25, -0.2) is 15.0 Å². The minimum Gasteiger partial charge on any atom is -0.439 e. The third kappa shape index (κ3) is 2.36. The molecule has 24 heavy (non-hydrogen) atoms. The molecule has 3 heterocycles. The maximum atomic E-state index is 12.0. The molecule has 0 aliphatic carbocycles. The Morgan fingerprint density at radius 3 is 2.92 bits per heavy atom. The second-order valence-corrected chi connectivity index (χ2v) is 6.37. The Kier molecular flexibility index (Phi) is 3.36. The molecule has 3 aromatic heterocycles. The molecule has 4 aromatic rings. The van der Waals surface area contributed by atoms with E-state index in [9.17, 15) is 4.79 Å². The Morgan fingerprint density at radius 2 is 2.17 bits per heavy atom. The third-order valence-corrected chi connectivity index (χ3v) is 4.54. The van der Waals surface area contributed by atoms with E-state index in [0.29, 0.717) is 39.1 Å². The largest absolute Gasteiger partial charge is 0.439 e. The molecule has 120 valence electrons. The molecule has 0 unspecified atom stereocenters.